The lowest BCUT2D eigenvalue weighted by Crippen LogP contribution is -2.53. The molecule has 2 amide bonds. The molecule has 1 fully saturated rings. The molecule has 108 valence electrons. The molecule has 6 nitrogen and oxygen atoms in total. The van der Waals surface area contributed by atoms with Crippen LogP contribution in [0.25, 0.3) is 0 Å². The molecular formula is C14H19N3O3. The third-order valence-corrected chi connectivity index (χ3v) is 3.65. The number of carbonyl (C=O) groups excluding carboxylic acids is 1. The molecule has 1 aliphatic rings. The zero-order valence-corrected chi connectivity index (χ0v) is 11.7. The highest BCUT2D eigenvalue weighted by atomic mass is 16.4. The maximum atomic E-state index is 12.2. The number of amides is 2. The fourth-order valence-corrected chi connectivity index (χ4v) is 2.21. The van der Waals surface area contributed by atoms with Gasteiger partial charge in [0.15, 0.2) is 0 Å². The van der Waals surface area contributed by atoms with Gasteiger partial charge in [0.25, 0.3) is 0 Å². The van der Waals surface area contributed by atoms with E-state index in [1.165, 1.54) is 6.07 Å². The van der Waals surface area contributed by atoms with Gasteiger partial charge in [-0.25, -0.2) is 9.59 Å². The Labute approximate surface area is 118 Å². The van der Waals surface area contributed by atoms with Gasteiger partial charge in [0.2, 0.25) is 0 Å². The van der Waals surface area contributed by atoms with E-state index in [1.54, 1.807) is 23.1 Å². The Morgan fingerprint density at radius 1 is 1.30 bits per heavy atom. The molecule has 20 heavy (non-hydrogen) atoms. The highest BCUT2D eigenvalue weighted by molar-refractivity contribution is 5.99. The zero-order valence-electron chi connectivity index (χ0n) is 11.7. The first kappa shape index (κ1) is 14.3. The largest absolute Gasteiger partial charge is 0.478 e. The zero-order chi connectivity index (χ0) is 14.7. The molecule has 1 aromatic rings. The summed E-state index contributed by atoms with van der Waals surface area (Å²) in [6, 6.07) is 6.46. The minimum atomic E-state index is -1.05. The van der Waals surface area contributed by atoms with Gasteiger partial charge in [-0.2, -0.15) is 0 Å². The molecule has 1 atom stereocenters. The number of hydrogen-bond acceptors (Lipinski definition) is 3. The number of anilines is 1. The molecule has 6 heteroatoms. The standard InChI is InChI=1S/C14H19N3O3/c1-10-9-17(8-7-16(10)2)14(20)15-12-6-4-3-5-11(12)13(18)19/h3-6,10H,7-9H2,1-2H3,(H,15,20)(H,18,19). The molecule has 0 saturated carbocycles. The first-order valence-electron chi connectivity index (χ1n) is 6.57. The number of aromatic carboxylic acids is 1. The smallest absolute Gasteiger partial charge is 0.337 e. The van der Waals surface area contributed by atoms with Gasteiger partial charge in [0.05, 0.1) is 11.3 Å². The van der Waals surface area contributed by atoms with Gasteiger partial charge in [0, 0.05) is 25.7 Å². The first-order valence-corrected chi connectivity index (χ1v) is 6.57. The summed E-state index contributed by atoms with van der Waals surface area (Å²) in [6.45, 7) is 4.15. The van der Waals surface area contributed by atoms with E-state index in [9.17, 15) is 9.59 Å². The Balaban J connectivity index is 2.07. The Bertz CT molecular complexity index is 518. The predicted molar refractivity (Wildman–Crippen MR) is 76.1 cm³/mol. The van der Waals surface area contributed by atoms with Crippen molar-refractivity contribution in [2.75, 3.05) is 32.0 Å². The van der Waals surface area contributed by atoms with Crippen LogP contribution in [0.15, 0.2) is 24.3 Å². The third-order valence-electron chi connectivity index (χ3n) is 3.65. The second-order valence-electron chi connectivity index (χ2n) is 5.06. The Kier molecular flexibility index (Phi) is 4.24. The molecule has 0 aromatic heterocycles. The highest BCUT2D eigenvalue weighted by Crippen LogP contribution is 2.16. The Morgan fingerprint density at radius 3 is 2.65 bits per heavy atom. The van der Waals surface area contributed by atoms with Gasteiger partial charge in [-0.1, -0.05) is 12.1 Å². The first-order chi connectivity index (χ1) is 9.49. The second-order valence-corrected chi connectivity index (χ2v) is 5.06. The number of para-hydroxylation sites is 1. The quantitative estimate of drug-likeness (QED) is 0.860. The number of urea groups is 1. The van der Waals surface area contributed by atoms with E-state index in [-0.39, 0.29) is 11.6 Å². The van der Waals surface area contributed by atoms with Gasteiger partial charge in [-0.15, -0.1) is 0 Å². The van der Waals surface area contributed by atoms with Crippen LogP contribution in [0.4, 0.5) is 10.5 Å². The number of piperazine rings is 1. The van der Waals surface area contributed by atoms with Crippen LogP contribution >= 0.6 is 0 Å². The average Bonchev–Trinajstić information content (AvgIpc) is 2.42. The molecule has 0 bridgehead atoms. The summed E-state index contributed by atoms with van der Waals surface area (Å²) in [7, 11) is 2.03. The van der Waals surface area contributed by atoms with Crippen LogP contribution in [0.2, 0.25) is 0 Å². The van der Waals surface area contributed by atoms with Crippen molar-refractivity contribution in [1.82, 2.24) is 9.80 Å². The van der Waals surface area contributed by atoms with Gasteiger partial charge < -0.3 is 20.2 Å². The molecule has 1 unspecified atom stereocenters. The maximum absolute atomic E-state index is 12.2. The summed E-state index contributed by atoms with van der Waals surface area (Å²) in [5.74, 6) is -1.05. The molecule has 1 aliphatic heterocycles. The van der Waals surface area contributed by atoms with Crippen LogP contribution < -0.4 is 5.32 Å². The van der Waals surface area contributed by atoms with Gasteiger partial charge in [0.1, 0.15) is 0 Å². The molecule has 1 aromatic carbocycles. The normalized spacial score (nSPS) is 19.7. The topological polar surface area (TPSA) is 72.9 Å². The van der Waals surface area contributed by atoms with Crippen molar-refractivity contribution in [2.24, 2.45) is 0 Å². The Hall–Kier alpha value is -2.08. The number of benzene rings is 1. The highest BCUT2D eigenvalue weighted by Gasteiger charge is 2.25. The molecule has 0 aliphatic carbocycles. The van der Waals surface area contributed by atoms with Crippen molar-refractivity contribution in [3.63, 3.8) is 0 Å². The van der Waals surface area contributed by atoms with E-state index in [4.69, 9.17) is 5.11 Å². The van der Waals surface area contributed by atoms with Crippen molar-refractivity contribution in [2.45, 2.75) is 13.0 Å². The van der Waals surface area contributed by atoms with Crippen molar-refractivity contribution in [3.05, 3.63) is 29.8 Å². The molecular weight excluding hydrogens is 258 g/mol. The minimum absolute atomic E-state index is 0.100. The fourth-order valence-electron chi connectivity index (χ4n) is 2.21. The van der Waals surface area contributed by atoms with Crippen LogP contribution in [0, 0.1) is 0 Å². The average molecular weight is 277 g/mol. The summed E-state index contributed by atoms with van der Waals surface area (Å²) in [6.07, 6.45) is 0. The lowest BCUT2D eigenvalue weighted by molar-refractivity contribution is 0.0698. The number of hydrogen-bond donors (Lipinski definition) is 2. The van der Waals surface area contributed by atoms with Gasteiger partial charge in [-0.05, 0) is 26.1 Å². The summed E-state index contributed by atoms with van der Waals surface area (Å²) in [5, 5.41) is 11.8. The van der Waals surface area contributed by atoms with Gasteiger partial charge >= 0.3 is 12.0 Å². The molecule has 1 heterocycles. The lowest BCUT2D eigenvalue weighted by atomic mass is 10.2. The van der Waals surface area contributed by atoms with Crippen LogP contribution in [0.3, 0.4) is 0 Å². The van der Waals surface area contributed by atoms with Crippen LogP contribution in [0.5, 0.6) is 0 Å². The van der Waals surface area contributed by atoms with Crippen molar-refractivity contribution >= 4 is 17.7 Å². The van der Waals surface area contributed by atoms with Crippen LogP contribution in [-0.4, -0.2) is 59.6 Å². The number of carbonyl (C=O) groups is 2. The van der Waals surface area contributed by atoms with E-state index < -0.39 is 5.97 Å². The van der Waals surface area contributed by atoms with E-state index in [2.05, 4.69) is 17.1 Å². The maximum Gasteiger partial charge on any atom is 0.337 e. The number of rotatable bonds is 2. The molecule has 0 radical (unpaired) electrons. The number of nitrogens with one attached hydrogen (secondary N) is 1. The van der Waals surface area contributed by atoms with E-state index in [0.29, 0.717) is 24.8 Å². The lowest BCUT2D eigenvalue weighted by Gasteiger charge is -2.37. The molecule has 0 spiro atoms. The summed E-state index contributed by atoms with van der Waals surface area (Å²) in [5.41, 5.74) is 0.430. The SMILES string of the molecule is CC1CN(C(=O)Nc2ccccc2C(=O)O)CCN1C. The number of likely N-dealkylation sites (N-methyl/N-ethyl adjacent to an activating group) is 1. The number of carboxylic acids is 1. The number of nitrogens with zero attached hydrogens (tertiary/aromatic N) is 2. The number of carboxylic acid groups (broad SMARTS) is 1. The van der Waals surface area contributed by atoms with E-state index in [1.807, 2.05) is 7.05 Å². The van der Waals surface area contributed by atoms with E-state index >= 15 is 0 Å². The summed E-state index contributed by atoms with van der Waals surface area (Å²) >= 11 is 0. The predicted octanol–water partition coefficient (Wildman–Crippen LogP) is 1.55. The summed E-state index contributed by atoms with van der Waals surface area (Å²) in [4.78, 5) is 27.2. The van der Waals surface area contributed by atoms with Crippen molar-refractivity contribution in [3.8, 4) is 0 Å². The van der Waals surface area contributed by atoms with Crippen molar-refractivity contribution < 1.29 is 14.7 Å². The third kappa shape index (κ3) is 3.08. The molecule has 2 N–H and O–H groups in total. The Morgan fingerprint density at radius 2 is 2.00 bits per heavy atom. The van der Waals surface area contributed by atoms with Gasteiger partial charge in [-0.3, -0.25) is 0 Å². The summed E-state index contributed by atoms with van der Waals surface area (Å²) < 4.78 is 0. The van der Waals surface area contributed by atoms with Crippen LogP contribution in [-0.2, 0) is 0 Å². The molecule has 2 rings (SSSR count). The minimum Gasteiger partial charge on any atom is -0.478 e. The monoisotopic (exact) mass is 277 g/mol. The molecule has 1 saturated heterocycles. The van der Waals surface area contributed by atoms with Crippen molar-refractivity contribution in [1.29, 1.82) is 0 Å². The fraction of sp³-hybridized carbons (Fsp3) is 0.429. The van der Waals surface area contributed by atoms with E-state index in [0.717, 1.165) is 6.54 Å². The second kappa shape index (κ2) is 5.92. The van der Waals surface area contributed by atoms with Crippen LogP contribution in [0.1, 0.15) is 17.3 Å².